The normalized spacial score (nSPS) is 12.0. The van der Waals surface area contributed by atoms with Gasteiger partial charge in [0, 0.05) is 21.7 Å². The molecule has 4 rings (SSSR count). The highest BCUT2D eigenvalue weighted by Crippen LogP contribution is 2.44. The smallest absolute Gasteiger partial charge is 0.355 e. The number of aryl methyl sites for hydroxylation is 1. The molecule has 2 aromatic carbocycles. The van der Waals surface area contributed by atoms with E-state index in [1.165, 1.54) is 0 Å². The molecule has 1 N–H and O–H groups in total. The first kappa shape index (κ1) is 16.6. The summed E-state index contributed by atoms with van der Waals surface area (Å²) >= 11 is 6.11. The van der Waals surface area contributed by atoms with E-state index in [9.17, 15) is 9.59 Å². The Morgan fingerprint density at radius 3 is 2.50 bits per heavy atom. The molecule has 0 unspecified atom stereocenters. The first-order valence-electron chi connectivity index (χ1n) is 8.36. The molecule has 1 aromatic heterocycles. The Labute approximate surface area is 155 Å². The van der Waals surface area contributed by atoms with Gasteiger partial charge in [0.15, 0.2) is 5.78 Å². The van der Waals surface area contributed by atoms with Crippen LogP contribution in [0.25, 0.3) is 22.4 Å². The number of rotatable bonds is 3. The Hall–Kier alpha value is -2.85. The highest BCUT2D eigenvalue weighted by molar-refractivity contribution is 6.32. The zero-order chi connectivity index (χ0) is 18.4. The van der Waals surface area contributed by atoms with Gasteiger partial charge in [-0.05, 0) is 37.6 Å². The van der Waals surface area contributed by atoms with Crippen LogP contribution in [0.15, 0.2) is 42.5 Å². The molecule has 0 amide bonds. The van der Waals surface area contributed by atoms with Gasteiger partial charge < -0.3 is 9.72 Å². The Kier molecular flexibility index (Phi) is 3.93. The maximum absolute atomic E-state index is 13.0. The van der Waals surface area contributed by atoms with Gasteiger partial charge >= 0.3 is 5.97 Å². The number of hydrogen-bond acceptors (Lipinski definition) is 3. The maximum Gasteiger partial charge on any atom is 0.355 e. The lowest BCUT2D eigenvalue weighted by atomic mass is 9.97. The average Bonchev–Trinajstić information content (AvgIpc) is 3.13. The highest BCUT2D eigenvalue weighted by Gasteiger charge is 2.35. The molecule has 1 aliphatic carbocycles. The molecular formula is C21H16ClNO3. The lowest BCUT2D eigenvalue weighted by molar-refractivity contribution is 0.0521. The minimum absolute atomic E-state index is 0.117. The van der Waals surface area contributed by atoms with Gasteiger partial charge in [0.25, 0.3) is 0 Å². The summed E-state index contributed by atoms with van der Waals surface area (Å²) in [7, 11) is 0. The van der Waals surface area contributed by atoms with Crippen molar-refractivity contribution >= 4 is 23.4 Å². The second kappa shape index (κ2) is 6.15. The number of H-pyrrole nitrogens is 1. The van der Waals surface area contributed by atoms with Gasteiger partial charge in [-0.2, -0.15) is 0 Å². The predicted octanol–water partition coefficient (Wildman–Crippen LogP) is 5.03. The van der Waals surface area contributed by atoms with Gasteiger partial charge in [0.2, 0.25) is 0 Å². The van der Waals surface area contributed by atoms with Crippen LogP contribution in [-0.2, 0) is 4.74 Å². The van der Waals surface area contributed by atoms with Gasteiger partial charge in [0.05, 0.1) is 17.9 Å². The van der Waals surface area contributed by atoms with Crippen LogP contribution >= 0.6 is 11.6 Å². The van der Waals surface area contributed by atoms with Crippen LogP contribution in [0.2, 0.25) is 5.02 Å². The van der Waals surface area contributed by atoms with Gasteiger partial charge in [-0.15, -0.1) is 0 Å². The maximum atomic E-state index is 13.0. The second-order valence-corrected chi connectivity index (χ2v) is 6.67. The van der Waals surface area contributed by atoms with Crippen LogP contribution in [0.1, 0.15) is 38.9 Å². The van der Waals surface area contributed by atoms with E-state index in [-0.39, 0.29) is 12.4 Å². The Morgan fingerprint density at radius 2 is 1.81 bits per heavy atom. The van der Waals surface area contributed by atoms with E-state index in [1.54, 1.807) is 25.1 Å². The van der Waals surface area contributed by atoms with Crippen molar-refractivity contribution in [2.24, 2.45) is 0 Å². The Morgan fingerprint density at radius 1 is 1.08 bits per heavy atom. The monoisotopic (exact) mass is 365 g/mol. The van der Waals surface area contributed by atoms with E-state index in [0.29, 0.717) is 38.7 Å². The first-order valence-corrected chi connectivity index (χ1v) is 8.73. The summed E-state index contributed by atoms with van der Waals surface area (Å²) in [5.74, 6) is -0.595. The summed E-state index contributed by atoms with van der Waals surface area (Å²) in [6.45, 7) is 3.99. The molecule has 4 nitrogen and oxygen atoms in total. The van der Waals surface area contributed by atoms with Gasteiger partial charge in [0.1, 0.15) is 5.69 Å². The first-order chi connectivity index (χ1) is 12.5. The number of hydrogen-bond donors (Lipinski definition) is 1. The van der Waals surface area contributed by atoms with Crippen LogP contribution < -0.4 is 0 Å². The summed E-state index contributed by atoms with van der Waals surface area (Å²) < 4.78 is 5.19. The second-order valence-electron chi connectivity index (χ2n) is 6.23. The predicted molar refractivity (Wildman–Crippen MR) is 101 cm³/mol. The lowest BCUT2D eigenvalue weighted by Gasteiger charge is -2.07. The largest absolute Gasteiger partial charge is 0.461 e. The molecule has 3 aromatic rings. The van der Waals surface area contributed by atoms with Crippen LogP contribution in [0.3, 0.4) is 0 Å². The summed E-state index contributed by atoms with van der Waals surface area (Å²) in [6.07, 6.45) is 0. The number of aromatic nitrogens is 1. The number of aromatic amines is 1. The van der Waals surface area contributed by atoms with Crippen LogP contribution in [-0.4, -0.2) is 23.3 Å². The van der Waals surface area contributed by atoms with E-state index in [0.717, 1.165) is 11.1 Å². The number of benzene rings is 2. The zero-order valence-electron chi connectivity index (χ0n) is 14.4. The number of nitrogens with one attached hydrogen (secondary N) is 1. The van der Waals surface area contributed by atoms with Gasteiger partial charge in [-0.1, -0.05) is 41.4 Å². The van der Waals surface area contributed by atoms with E-state index < -0.39 is 5.97 Å². The average molecular weight is 366 g/mol. The molecule has 0 radical (unpaired) electrons. The molecule has 0 saturated heterocycles. The number of carbonyl (C=O) groups excluding carboxylic acids is 2. The summed E-state index contributed by atoms with van der Waals surface area (Å²) in [5.41, 5.74) is 5.17. The number of ether oxygens (including phenoxy) is 1. The quantitative estimate of drug-likeness (QED) is 0.518. The standard InChI is InChI=1S/C21H16ClNO3/c1-3-26-21(25)19-16(12-6-4-11(2)5-7-12)17-18(23-19)15-10-13(22)8-9-14(15)20(17)24/h4-10,23H,3H2,1-2H3. The number of esters is 1. The molecule has 1 heterocycles. The SMILES string of the molecule is CCOC(=O)c1[nH]c2c(c1-c1ccc(C)cc1)C(=O)c1ccc(Cl)cc1-2. The highest BCUT2D eigenvalue weighted by atomic mass is 35.5. The van der Waals surface area contributed by atoms with Crippen molar-refractivity contribution in [3.05, 3.63) is 69.9 Å². The van der Waals surface area contributed by atoms with Crippen LogP contribution in [0, 0.1) is 6.92 Å². The number of carbonyl (C=O) groups is 2. The summed E-state index contributed by atoms with van der Waals surface area (Å²) in [5, 5.41) is 0.536. The Balaban J connectivity index is 2.00. The third-order valence-electron chi connectivity index (χ3n) is 4.54. The fraction of sp³-hybridized carbons (Fsp3) is 0.143. The molecule has 0 saturated carbocycles. The van der Waals surface area contributed by atoms with Gasteiger partial charge in [-0.3, -0.25) is 4.79 Å². The van der Waals surface area contributed by atoms with Crippen LogP contribution in [0.5, 0.6) is 0 Å². The van der Waals surface area contributed by atoms with Gasteiger partial charge in [-0.25, -0.2) is 4.79 Å². The van der Waals surface area contributed by atoms with Crippen molar-refractivity contribution in [1.82, 2.24) is 4.98 Å². The molecule has 5 heteroatoms. The van der Waals surface area contributed by atoms with Crippen molar-refractivity contribution in [2.45, 2.75) is 13.8 Å². The molecule has 26 heavy (non-hydrogen) atoms. The van der Waals surface area contributed by atoms with Crippen molar-refractivity contribution in [3.8, 4) is 22.4 Å². The summed E-state index contributed by atoms with van der Waals surface area (Å²) in [6, 6.07) is 12.9. The molecule has 0 fully saturated rings. The molecule has 1 aliphatic rings. The molecule has 0 aliphatic heterocycles. The van der Waals surface area contributed by atoms with Crippen molar-refractivity contribution < 1.29 is 14.3 Å². The Bertz CT molecular complexity index is 1050. The third-order valence-corrected chi connectivity index (χ3v) is 4.78. The van der Waals surface area contributed by atoms with Crippen LogP contribution in [0.4, 0.5) is 0 Å². The van der Waals surface area contributed by atoms with E-state index in [4.69, 9.17) is 16.3 Å². The van der Waals surface area contributed by atoms with E-state index in [2.05, 4.69) is 4.98 Å². The zero-order valence-corrected chi connectivity index (χ0v) is 15.1. The fourth-order valence-electron chi connectivity index (χ4n) is 3.35. The fourth-order valence-corrected chi connectivity index (χ4v) is 3.52. The third kappa shape index (κ3) is 2.45. The number of halogens is 1. The van der Waals surface area contributed by atoms with Crippen molar-refractivity contribution in [3.63, 3.8) is 0 Å². The van der Waals surface area contributed by atoms with Crippen molar-refractivity contribution in [2.75, 3.05) is 6.61 Å². The molecule has 130 valence electrons. The molecule has 0 atom stereocenters. The minimum atomic E-state index is -0.478. The molecule has 0 bridgehead atoms. The van der Waals surface area contributed by atoms with Crippen molar-refractivity contribution in [1.29, 1.82) is 0 Å². The molecular weight excluding hydrogens is 350 g/mol. The number of ketones is 1. The minimum Gasteiger partial charge on any atom is -0.461 e. The van der Waals surface area contributed by atoms with E-state index in [1.807, 2.05) is 31.2 Å². The topological polar surface area (TPSA) is 59.2 Å². The number of fused-ring (bicyclic) bond motifs is 3. The van der Waals surface area contributed by atoms with E-state index >= 15 is 0 Å². The lowest BCUT2D eigenvalue weighted by Crippen LogP contribution is -2.08. The molecule has 0 spiro atoms. The summed E-state index contributed by atoms with van der Waals surface area (Å²) in [4.78, 5) is 28.7.